The fraction of sp³-hybridized carbons (Fsp3) is 0.250. The fourth-order valence-corrected chi connectivity index (χ4v) is 0.751. The first kappa shape index (κ1) is 7.98. The lowest BCUT2D eigenvalue weighted by Crippen LogP contribution is -1.95. The highest BCUT2D eigenvalue weighted by atomic mass is 19.2. The standard InChI is InChI=1S/C8H8F2O/c1-2-11-7-5-3-4-6(9)8(7)10/h3-5H,2H2,1H3. The van der Waals surface area contributed by atoms with E-state index >= 15 is 0 Å². The lowest BCUT2D eigenvalue weighted by atomic mass is 10.3. The third-order valence-electron chi connectivity index (χ3n) is 1.22. The molecule has 1 aromatic rings. The number of benzene rings is 1. The molecule has 0 unspecified atom stereocenters. The smallest absolute Gasteiger partial charge is 0.200 e. The molecule has 0 amide bonds. The van der Waals surface area contributed by atoms with Crippen molar-refractivity contribution in [2.24, 2.45) is 0 Å². The molecule has 1 nitrogen and oxygen atoms in total. The summed E-state index contributed by atoms with van der Waals surface area (Å²) in [5.74, 6) is -1.84. The Kier molecular flexibility index (Phi) is 2.41. The van der Waals surface area contributed by atoms with Gasteiger partial charge < -0.3 is 4.74 Å². The Labute approximate surface area is 63.6 Å². The van der Waals surface area contributed by atoms with Crippen LogP contribution in [0.1, 0.15) is 6.92 Å². The Morgan fingerprint density at radius 1 is 1.36 bits per heavy atom. The predicted octanol–water partition coefficient (Wildman–Crippen LogP) is 2.36. The second kappa shape index (κ2) is 3.32. The molecule has 11 heavy (non-hydrogen) atoms. The average molecular weight is 158 g/mol. The van der Waals surface area contributed by atoms with Gasteiger partial charge in [-0.25, -0.2) is 4.39 Å². The molecule has 0 bridgehead atoms. The summed E-state index contributed by atoms with van der Waals surface area (Å²) >= 11 is 0. The lowest BCUT2D eigenvalue weighted by Gasteiger charge is -2.03. The first-order valence-electron chi connectivity index (χ1n) is 3.32. The molecule has 0 heterocycles. The lowest BCUT2D eigenvalue weighted by molar-refractivity contribution is 0.314. The van der Waals surface area contributed by atoms with Gasteiger partial charge in [0.2, 0.25) is 5.82 Å². The van der Waals surface area contributed by atoms with Crippen molar-refractivity contribution in [2.45, 2.75) is 6.92 Å². The Morgan fingerprint density at radius 3 is 2.73 bits per heavy atom. The van der Waals surface area contributed by atoms with Crippen molar-refractivity contribution >= 4 is 0 Å². The summed E-state index contributed by atoms with van der Waals surface area (Å²) in [4.78, 5) is 0. The maximum atomic E-state index is 12.7. The van der Waals surface area contributed by atoms with Crippen LogP contribution in [0.4, 0.5) is 8.78 Å². The second-order valence-electron chi connectivity index (χ2n) is 1.98. The van der Waals surface area contributed by atoms with Gasteiger partial charge in [0.1, 0.15) is 0 Å². The van der Waals surface area contributed by atoms with Gasteiger partial charge in [0.05, 0.1) is 6.61 Å². The first-order valence-corrected chi connectivity index (χ1v) is 3.32. The van der Waals surface area contributed by atoms with E-state index in [0.29, 0.717) is 6.61 Å². The van der Waals surface area contributed by atoms with Crippen molar-refractivity contribution in [3.8, 4) is 5.75 Å². The summed E-state index contributed by atoms with van der Waals surface area (Å²) in [7, 11) is 0. The Bertz CT molecular complexity index is 248. The molecule has 0 fully saturated rings. The summed E-state index contributed by atoms with van der Waals surface area (Å²) in [5.41, 5.74) is 0. The molecule has 60 valence electrons. The van der Waals surface area contributed by atoms with Crippen LogP contribution in [0.5, 0.6) is 5.75 Å². The van der Waals surface area contributed by atoms with E-state index in [4.69, 9.17) is 4.74 Å². The molecule has 0 radical (unpaired) electrons. The summed E-state index contributed by atoms with van der Waals surface area (Å²) in [6.45, 7) is 2.05. The van der Waals surface area contributed by atoms with Crippen LogP contribution in [0, 0.1) is 11.6 Å². The van der Waals surface area contributed by atoms with Gasteiger partial charge >= 0.3 is 0 Å². The monoisotopic (exact) mass is 158 g/mol. The van der Waals surface area contributed by atoms with E-state index in [1.807, 2.05) is 0 Å². The van der Waals surface area contributed by atoms with Crippen LogP contribution in [-0.2, 0) is 0 Å². The number of rotatable bonds is 2. The normalized spacial score (nSPS) is 9.73. The van der Waals surface area contributed by atoms with Gasteiger partial charge in [0, 0.05) is 0 Å². The van der Waals surface area contributed by atoms with Crippen molar-refractivity contribution < 1.29 is 13.5 Å². The zero-order valence-electron chi connectivity index (χ0n) is 6.10. The van der Waals surface area contributed by atoms with Crippen LogP contribution >= 0.6 is 0 Å². The van der Waals surface area contributed by atoms with Crippen molar-refractivity contribution in [3.63, 3.8) is 0 Å². The maximum absolute atomic E-state index is 12.7. The summed E-state index contributed by atoms with van der Waals surface area (Å²) in [5, 5.41) is 0. The van der Waals surface area contributed by atoms with Crippen LogP contribution in [0.25, 0.3) is 0 Å². The molecule has 0 atom stereocenters. The average Bonchev–Trinajstić information content (AvgIpc) is 1.99. The Hall–Kier alpha value is -1.12. The van der Waals surface area contributed by atoms with E-state index in [2.05, 4.69) is 0 Å². The van der Waals surface area contributed by atoms with Crippen LogP contribution in [-0.4, -0.2) is 6.61 Å². The van der Waals surface area contributed by atoms with Gasteiger partial charge in [-0.3, -0.25) is 0 Å². The van der Waals surface area contributed by atoms with E-state index in [9.17, 15) is 8.78 Å². The molecular formula is C8H8F2O. The largest absolute Gasteiger partial charge is 0.491 e. The van der Waals surface area contributed by atoms with E-state index < -0.39 is 11.6 Å². The second-order valence-corrected chi connectivity index (χ2v) is 1.98. The zero-order valence-corrected chi connectivity index (χ0v) is 6.10. The zero-order chi connectivity index (χ0) is 8.27. The van der Waals surface area contributed by atoms with Crippen LogP contribution in [0.2, 0.25) is 0 Å². The van der Waals surface area contributed by atoms with Gasteiger partial charge in [-0.2, -0.15) is 4.39 Å². The summed E-state index contributed by atoms with van der Waals surface area (Å²) in [6, 6.07) is 3.85. The third-order valence-corrected chi connectivity index (χ3v) is 1.22. The highest BCUT2D eigenvalue weighted by Crippen LogP contribution is 2.18. The highest BCUT2D eigenvalue weighted by Gasteiger charge is 2.06. The quantitative estimate of drug-likeness (QED) is 0.642. The SMILES string of the molecule is CCOc1cccc(F)c1F. The van der Waals surface area contributed by atoms with Crippen LogP contribution < -0.4 is 4.74 Å². The van der Waals surface area contributed by atoms with E-state index in [0.717, 1.165) is 6.07 Å². The number of hydrogen-bond acceptors (Lipinski definition) is 1. The van der Waals surface area contributed by atoms with E-state index in [1.165, 1.54) is 12.1 Å². The molecule has 3 heteroatoms. The minimum atomic E-state index is -0.922. The van der Waals surface area contributed by atoms with Crippen molar-refractivity contribution in [2.75, 3.05) is 6.61 Å². The fourth-order valence-electron chi connectivity index (χ4n) is 0.751. The van der Waals surface area contributed by atoms with E-state index in [1.54, 1.807) is 6.92 Å². The number of halogens is 2. The van der Waals surface area contributed by atoms with Gasteiger partial charge in [0.25, 0.3) is 0 Å². The van der Waals surface area contributed by atoms with Crippen molar-refractivity contribution in [3.05, 3.63) is 29.8 Å². The third kappa shape index (κ3) is 1.67. The minimum absolute atomic E-state index is 0.0347. The van der Waals surface area contributed by atoms with Gasteiger partial charge in [0.15, 0.2) is 11.6 Å². The maximum Gasteiger partial charge on any atom is 0.200 e. The molecule has 1 aromatic carbocycles. The van der Waals surface area contributed by atoms with Gasteiger partial charge in [-0.1, -0.05) is 6.07 Å². The van der Waals surface area contributed by atoms with Crippen LogP contribution in [0.15, 0.2) is 18.2 Å². The van der Waals surface area contributed by atoms with Crippen molar-refractivity contribution in [1.82, 2.24) is 0 Å². The Morgan fingerprint density at radius 2 is 2.09 bits per heavy atom. The van der Waals surface area contributed by atoms with Crippen LogP contribution in [0.3, 0.4) is 0 Å². The molecule has 0 aliphatic rings. The summed E-state index contributed by atoms with van der Waals surface area (Å²) in [6.07, 6.45) is 0. The minimum Gasteiger partial charge on any atom is -0.491 e. The van der Waals surface area contributed by atoms with Crippen molar-refractivity contribution in [1.29, 1.82) is 0 Å². The summed E-state index contributed by atoms with van der Waals surface area (Å²) < 4.78 is 29.9. The molecule has 0 spiro atoms. The Balaban J connectivity index is 2.96. The van der Waals surface area contributed by atoms with Gasteiger partial charge in [-0.15, -0.1) is 0 Å². The number of hydrogen-bond donors (Lipinski definition) is 0. The van der Waals surface area contributed by atoms with Gasteiger partial charge in [-0.05, 0) is 19.1 Å². The molecule has 0 saturated carbocycles. The molecule has 0 N–H and O–H groups in total. The molecular weight excluding hydrogens is 150 g/mol. The molecule has 0 aromatic heterocycles. The topological polar surface area (TPSA) is 9.23 Å². The molecule has 0 aliphatic carbocycles. The molecule has 1 rings (SSSR count). The number of ether oxygens (including phenoxy) is 1. The van der Waals surface area contributed by atoms with E-state index in [-0.39, 0.29) is 5.75 Å². The highest BCUT2D eigenvalue weighted by molar-refractivity contribution is 5.24. The molecule has 0 aliphatic heterocycles. The first-order chi connectivity index (χ1) is 5.25. The predicted molar refractivity (Wildman–Crippen MR) is 37.5 cm³/mol. The molecule has 0 saturated heterocycles.